The molecule has 6 atom stereocenters. The van der Waals surface area contributed by atoms with Crippen LogP contribution < -0.4 is 9.47 Å². The second kappa shape index (κ2) is 17.2. The van der Waals surface area contributed by atoms with Crippen LogP contribution in [0, 0.1) is 17.8 Å². The number of amides is 1. The van der Waals surface area contributed by atoms with E-state index >= 15 is 0 Å². The zero-order valence-electron chi connectivity index (χ0n) is 29.3. The molecule has 11 heteroatoms. The molecule has 50 heavy (non-hydrogen) atoms. The average molecular weight is 691 g/mol. The van der Waals surface area contributed by atoms with E-state index in [0.717, 1.165) is 43.1 Å². The molecule has 2 N–H and O–H groups in total. The largest absolute Gasteiger partial charge is 0.459 e. The predicted octanol–water partition coefficient (Wildman–Crippen LogP) is 6.64. The van der Waals surface area contributed by atoms with Crippen molar-refractivity contribution in [1.82, 2.24) is 4.90 Å². The van der Waals surface area contributed by atoms with Crippen molar-refractivity contribution in [2.24, 2.45) is 22.9 Å². The number of allylic oxidation sites excluding steroid dienone is 1. The number of nitrogens with zero attached hydrogens (tertiary/aromatic N) is 2. The Bertz CT molecular complexity index is 1560. The highest BCUT2D eigenvalue weighted by atomic mass is 16.7. The van der Waals surface area contributed by atoms with Gasteiger partial charge in [0.2, 0.25) is 5.79 Å². The lowest BCUT2D eigenvalue weighted by atomic mass is 9.55. The van der Waals surface area contributed by atoms with Crippen molar-refractivity contribution < 1.29 is 43.6 Å². The molecule has 0 bridgehead atoms. The van der Waals surface area contributed by atoms with Crippen molar-refractivity contribution in [3.8, 4) is 17.2 Å². The quantitative estimate of drug-likeness (QED) is 0.0810. The number of hydrogen-bond donors (Lipinski definition) is 2. The summed E-state index contributed by atoms with van der Waals surface area (Å²) < 4.78 is 25.4. The van der Waals surface area contributed by atoms with E-state index in [0.29, 0.717) is 54.4 Å². The van der Waals surface area contributed by atoms with E-state index in [1.807, 2.05) is 25.1 Å². The number of aldehydes is 1. The summed E-state index contributed by atoms with van der Waals surface area (Å²) in [5.41, 5.74) is 3.10. The van der Waals surface area contributed by atoms with Gasteiger partial charge in [-0.15, -0.1) is 6.58 Å². The van der Waals surface area contributed by atoms with E-state index in [1.165, 1.54) is 12.0 Å². The van der Waals surface area contributed by atoms with Gasteiger partial charge in [-0.1, -0.05) is 42.3 Å². The lowest BCUT2D eigenvalue weighted by Gasteiger charge is -2.59. The molecule has 0 saturated heterocycles. The molecule has 2 aromatic carbocycles. The number of carbonyl (C=O) groups excluding carboxylic acids is 2. The monoisotopic (exact) mass is 690 g/mol. The molecule has 6 unspecified atom stereocenters. The van der Waals surface area contributed by atoms with Gasteiger partial charge in [0.1, 0.15) is 36.2 Å². The Kier molecular flexibility index (Phi) is 12.7. The highest BCUT2D eigenvalue weighted by Gasteiger charge is 2.65. The molecule has 2 aliphatic carbocycles. The fraction of sp³-hybridized carbons (Fsp3) is 0.513. The van der Waals surface area contributed by atoms with E-state index in [4.69, 9.17) is 23.8 Å². The highest BCUT2D eigenvalue weighted by Crippen LogP contribution is 2.61. The number of hydrogen-bond acceptors (Lipinski definition) is 10. The summed E-state index contributed by atoms with van der Waals surface area (Å²) >= 11 is 0. The van der Waals surface area contributed by atoms with Gasteiger partial charge >= 0.3 is 6.09 Å². The predicted molar refractivity (Wildman–Crippen MR) is 189 cm³/mol. The number of aliphatic hydroxyl groups excluding tert-OH is 2. The standard InChI is InChI=1S/C39H50N2O9/c1-5-20-47-39-35(41(3)38(45)46-4)24-33(40-48-6-2)31-22-27(13-7-9-18-42)30(15-8-10-19-43)36(37(31)39)32-23-29(16-17-34(32)50-39)49-28-14-11-12-26(21-28)25-44/h5,11-12,14,16-17,21-23,25,27,30,35-37,42-43H,1,6-10,13,15,18-20,24H2,2-4H3. The van der Waals surface area contributed by atoms with Crippen LogP contribution in [0.25, 0.3) is 0 Å². The summed E-state index contributed by atoms with van der Waals surface area (Å²) in [5.74, 6) is -0.0577. The van der Waals surface area contributed by atoms with Crippen molar-refractivity contribution in [2.45, 2.75) is 69.6 Å². The van der Waals surface area contributed by atoms with Crippen LogP contribution in [0.3, 0.4) is 0 Å². The van der Waals surface area contributed by atoms with Crippen LogP contribution in [0.5, 0.6) is 17.2 Å². The van der Waals surface area contributed by atoms with Crippen molar-refractivity contribution in [1.29, 1.82) is 0 Å². The first-order valence-electron chi connectivity index (χ1n) is 17.6. The van der Waals surface area contributed by atoms with Crippen LogP contribution in [0.4, 0.5) is 4.79 Å². The first kappa shape index (κ1) is 37.1. The third-order valence-electron chi connectivity index (χ3n) is 10.1. The van der Waals surface area contributed by atoms with E-state index < -0.39 is 23.8 Å². The number of likely N-dealkylation sites (N-methyl/N-ethyl adjacent to an activating group) is 1. The van der Waals surface area contributed by atoms with Gasteiger partial charge in [0, 0.05) is 43.7 Å². The van der Waals surface area contributed by atoms with Crippen molar-refractivity contribution >= 4 is 18.1 Å². The lowest BCUT2D eigenvalue weighted by Crippen LogP contribution is -2.69. The molecule has 3 aliphatic rings. The Morgan fingerprint density at radius 1 is 1.10 bits per heavy atom. The first-order valence-corrected chi connectivity index (χ1v) is 17.6. The molecule has 2 aromatic rings. The molecule has 270 valence electrons. The summed E-state index contributed by atoms with van der Waals surface area (Å²) in [6.45, 7) is 6.55. The molecule has 5 rings (SSSR count). The zero-order chi connectivity index (χ0) is 35.7. The maximum Gasteiger partial charge on any atom is 0.409 e. The molecular formula is C39H50N2O9. The van der Waals surface area contributed by atoms with E-state index in [9.17, 15) is 19.8 Å². The minimum Gasteiger partial charge on any atom is -0.459 e. The molecule has 1 saturated carbocycles. The molecule has 11 nitrogen and oxygen atoms in total. The molecule has 1 amide bonds. The van der Waals surface area contributed by atoms with Crippen LogP contribution in [-0.4, -0.2) is 85.6 Å². The first-order chi connectivity index (χ1) is 24.3. The van der Waals surface area contributed by atoms with Gasteiger partial charge in [0.05, 0.1) is 25.3 Å². The normalized spacial score (nSPS) is 25.7. The number of carbonyl (C=O) groups is 2. The van der Waals surface area contributed by atoms with Crippen LogP contribution in [-0.2, 0) is 14.3 Å². The SMILES string of the molecule is C=CCOC12Oc3ccc(Oc4cccc(C=O)c4)cc3C3C(CCCCO)C(CCCCO)C=C(C(=NOCC)CC1N(C)C(=O)OC)C32. The third kappa shape index (κ3) is 7.60. The van der Waals surface area contributed by atoms with Gasteiger partial charge in [-0.2, -0.15) is 0 Å². The number of oxime groups is 1. The summed E-state index contributed by atoms with van der Waals surface area (Å²) in [5, 5.41) is 24.1. The Balaban J connectivity index is 1.75. The Labute approximate surface area is 294 Å². The topological polar surface area (TPSA) is 136 Å². The van der Waals surface area contributed by atoms with E-state index in [1.54, 1.807) is 37.4 Å². The zero-order valence-corrected chi connectivity index (χ0v) is 29.3. The van der Waals surface area contributed by atoms with Crippen molar-refractivity contribution in [2.75, 3.05) is 40.6 Å². The number of benzene rings is 2. The minimum absolute atomic E-state index is 0.0764. The smallest absolute Gasteiger partial charge is 0.409 e. The number of methoxy groups -OCH3 is 1. The van der Waals surface area contributed by atoms with Gasteiger partial charge in [-0.05, 0) is 80.3 Å². The average Bonchev–Trinajstić information content (AvgIpc) is 3.14. The summed E-state index contributed by atoms with van der Waals surface area (Å²) in [7, 11) is 3.03. The third-order valence-corrected chi connectivity index (χ3v) is 10.1. The molecular weight excluding hydrogens is 640 g/mol. The molecule has 0 aromatic heterocycles. The van der Waals surface area contributed by atoms with Crippen LogP contribution in [0.1, 0.15) is 73.7 Å². The fourth-order valence-electron chi connectivity index (χ4n) is 7.99. The fourth-order valence-corrected chi connectivity index (χ4v) is 7.99. The number of rotatable bonds is 17. The number of unbranched alkanes of at least 4 members (excludes halogenated alkanes) is 2. The Morgan fingerprint density at radius 3 is 2.56 bits per heavy atom. The number of ether oxygens (including phenoxy) is 4. The molecule has 1 fully saturated rings. The van der Waals surface area contributed by atoms with Crippen LogP contribution in [0.2, 0.25) is 0 Å². The van der Waals surface area contributed by atoms with Gasteiger partial charge in [-0.3, -0.25) is 4.79 Å². The van der Waals surface area contributed by atoms with Crippen molar-refractivity contribution in [3.63, 3.8) is 0 Å². The summed E-state index contributed by atoms with van der Waals surface area (Å²) in [6, 6.07) is 12.1. The van der Waals surface area contributed by atoms with Crippen molar-refractivity contribution in [3.05, 3.63) is 77.9 Å². The maximum absolute atomic E-state index is 13.2. The van der Waals surface area contributed by atoms with Gasteiger partial charge in [0.25, 0.3) is 0 Å². The molecule has 0 spiro atoms. The van der Waals surface area contributed by atoms with E-state index in [-0.39, 0.29) is 37.6 Å². The second-order valence-electron chi connectivity index (χ2n) is 13.1. The summed E-state index contributed by atoms with van der Waals surface area (Å²) in [6.07, 6.45) is 9.15. The summed E-state index contributed by atoms with van der Waals surface area (Å²) in [4.78, 5) is 31.9. The Morgan fingerprint density at radius 2 is 1.86 bits per heavy atom. The highest BCUT2D eigenvalue weighted by molar-refractivity contribution is 6.02. The van der Waals surface area contributed by atoms with Gasteiger partial charge in [-0.25, -0.2) is 4.79 Å². The minimum atomic E-state index is -1.35. The molecule has 0 radical (unpaired) electrons. The molecule has 1 heterocycles. The number of fused-ring (bicyclic) bond motifs is 2. The second-order valence-corrected chi connectivity index (χ2v) is 13.1. The van der Waals surface area contributed by atoms with E-state index in [2.05, 4.69) is 17.8 Å². The lowest BCUT2D eigenvalue weighted by molar-refractivity contribution is -0.253. The van der Waals surface area contributed by atoms with Crippen LogP contribution >= 0.6 is 0 Å². The van der Waals surface area contributed by atoms with Gasteiger partial charge < -0.3 is 38.9 Å². The Hall–Kier alpha value is -4.19. The maximum atomic E-state index is 13.2. The molecule has 1 aliphatic heterocycles. The van der Waals surface area contributed by atoms with Crippen LogP contribution in [0.15, 0.2) is 71.9 Å². The van der Waals surface area contributed by atoms with Gasteiger partial charge in [0.15, 0.2) is 0 Å². The number of aliphatic hydroxyl groups is 2.